The third-order valence-corrected chi connectivity index (χ3v) is 2.62. The van der Waals surface area contributed by atoms with Crippen LogP contribution in [0.1, 0.15) is 5.56 Å². The molecule has 2 aromatic carbocycles. The average molecular weight is 258 g/mol. The predicted molar refractivity (Wildman–Crippen MR) is 79.1 cm³/mol. The zero-order valence-electron chi connectivity index (χ0n) is 9.97. The minimum atomic E-state index is 0.207. The van der Waals surface area contributed by atoms with Crippen molar-refractivity contribution >= 4 is 28.7 Å². The Balaban J connectivity index is 1.98. The summed E-state index contributed by atoms with van der Waals surface area (Å²) in [6.45, 7) is 2.03. The van der Waals surface area contributed by atoms with Crippen molar-refractivity contribution in [1.82, 2.24) is 0 Å². The Hall–Kier alpha value is -2.07. The summed E-state index contributed by atoms with van der Waals surface area (Å²) in [5.41, 5.74) is 2.88. The molecule has 0 aromatic heterocycles. The normalized spacial score (nSPS) is 9.83. The SMILES string of the molecule is Cc1ccc(NC(=S)Nc2cccc(O)c2)cc1. The highest BCUT2D eigenvalue weighted by molar-refractivity contribution is 7.80. The van der Waals surface area contributed by atoms with Crippen LogP contribution in [-0.2, 0) is 0 Å². The van der Waals surface area contributed by atoms with E-state index in [0.717, 1.165) is 11.4 Å². The maximum atomic E-state index is 9.34. The van der Waals surface area contributed by atoms with Crippen molar-refractivity contribution in [2.75, 3.05) is 10.6 Å². The van der Waals surface area contributed by atoms with E-state index >= 15 is 0 Å². The molecule has 0 saturated carbocycles. The van der Waals surface area contributed by atoms with Gasteiger partial charge < -0.3 is 15.7 Å². The van der Waals surface area contributed by atoms with Gasteiger partial charge in [0.15, 0.2) is 5.11 Å². The van der Waals surface area contributed by atoms with E-state index in [0.29, 0.717) is 5.11 Å². The van der Waals surface area contributed by atoms with Gasteiger partial charge in [-0.05, 0) is 43.4 Å². The van der Waals surface area contributed by atoms with Crippen LogP contribution in [0.25, 0.3) is 0 Å². The van der Waals surface area contributed by atoms with Gasteiger partial charge in [0.2, 0.25) is 0 Å². The van der Waals surface area contributed by atoms with E-state index in [-0.39, 0.29) is 5.75 Å². The standard InChI is InChI=1S/C14H14N2OS/c1-10-5-7-11(8-6-10)15-14(18)16-12-3-2-4-13(17)9-12/h2-9,17H,1H3,(H2,15,16,18). The van der Waals surface area contributed by atoms with E-state index < -0.39 is 0 Å². The molecule has 3 N–H and O–H groups in total. The van der Waals surface area contributed by atoms with Crippen LogP contribution >= 0.6 is 12.2 Å². The number of aryl methyl sites for hydroxylation is 1. The lowest BCUT2D eigenvalue weighted by Gasteiger charge is -2.10. The fourth-order valence-electron chi connectivity index (χ4n) is 1.51. The summed E-state index contributed by atoms with van der Waals surface area (Å²) in [5.74, 6) is 0.207. The third kappa shape index (κ3) is 3.46. The first-order valence-electron chi connectivity index (χ1n) is 5.57. The lowest BCUT2D eigenvalue weighted by Crippen LogP contribution is -2.18. The summed E-state index contributed by atoms with van der Waals surface area (Å²) in [4.78, 5) is 0. The molecule has 18 heavy (non-hydrogen) atoms. The van der Waals surface area contributed by atoms with Crippen LogP contribution in [0.4, 0.5) is 11.4 Å². The van der Waals surface area contributed by atoms with Gasteiger partial charge in [0, 0.05) is 17.4 Å². The van der Waals surface area contributed by atoms with E-state index in [1.54, 1.807) is 18.2 Å². The van der Waals surface area contributed by atoms with Gasteiger partial charge in [0.1, 0.15) is 5.75 Å². The number of aromatic hydroxyl groups is 1. The molecule has 0 spiro atoms. The van der Waals surface area contributed by atoms with Crippen molar-refractivity contribution in [3.63, 3.8) is 0 Å². The molecule has 0 fully saturated rings. The predicted octanol–water partition coefficient (Wildman–Crippen LogP) is 3.51. The molecular formula is C14H14N2OS. The van der Waals surface area contributed by atoms with Crippen molar-refractivity contribution < 1.29 is 5.11 Å². The second kappa shape index (κ2) is 5.51. The monoisotopic (exact) mass is 258 g/mol. The van der Waals surface area contributed by atoms with E-state index in [4.69, 9.17) is 12.2 Å². The smallest absolute Gasteiger partial charge is 0.175 e. The minimum absolute atomic E-state index is 0.207. The lowest BCUT2D eigenvalue weighted by molar-refractivity contribution is 0.475. The van der Waals surface area contributed by atoms with Crippen LogP contribution in [0.15, 0.2) is 48.5 Å². The number of nitrogens with one attached hydrogen (secondary N) is 2. The first kappa shape index (κ1) is 12.4. The molecule has 0 aliphatic carbocycles. The Morgan fingerprint density at radius 1 is 1.00 bits per heavy atom. The van der Waals surface area contributed by atoms with Gasteiger partial charge in [0.25, 0.3) is 0 Å². The molecule has 2 aromatic rings. The number of hydrogen-bond acceptors (Lipinski definition) is 2. The van der Waals surface area contributed by atoms with Crippen molar-refractivity contribution in [3.05, 3.63) is 54.1 Å². The molecule has 0 atom stereocenters. The zero-order chi connectivity index (χ0) is 13.0. The highest BCUT2D eigenvalue weighted by atomic mass is 32.1. The number of phenols is 1. The second-order valence-electron chi connectivity index (χ2n) is 4.00. The Bertz CT molecular complexity index is 552. The largest absolute Gasteiger partial charge is 0.508 e. The molecule has 0 amide bonds. The summed E-state index contributed by atoms with van der Waals surface area (Å²) in [7, 11) is 0. The molecule has 0 aliphatic heterocycles. The number of phenolic OH excluding ortho intramolecular Hbond substituents is 1. The Morgan fingerprint density at radius 3 is 2.33 bits per heavy atom. The van der Waals surface area contributed by atoms with Gasteiger partial charge in [-0.1, -0.05) is 23.8 Å². The van der Waals surface area contributed by atoms with Crippen LogP contribution in [0.3, 0.4) is 0 Å². The van der Waals surface area contributed by atoms with Crippen LogP contribution in [-0.4, -0.2) is 10.2 Å². The number of hydrogen-bond donors (Lipinski definition) is 3. The summed E-state index contributed by atoms with van der Waals surface area (Å²) in [6, 6.07) is 14.8. The fraction of sp³-hybridized carbons (Fsp3) is 0.0714. The van der Waals surface area contributed by atoms with Crippen molar-refractivity contribution in [2.45, 2.75) is 6.92 Å². The topological polar surface area (TPSA) is 44.3 Å². The molecule has 4 heteroatoms. The quantitative estimate of drug-likeness (QED) is 0.721. The summed E-state index contributed by atoms with van der Waals surface area (Å²) in [5, 5.41) is 15.9. The lowest BCUT2D eigenvalue weighted by atomic mass is 10.2. The zero-order valence-corrected chi connectivity index (χ0v) is 10.8. The molecule has 0 radical (unpaired) electrons. The maximum absolute atomic E-state index is 9.34. The summed E-state index contributed by atoms with van der Waals surface area (Å²) < 4.78 is 0. The molecule has 0 saturated heterocycles. The molecule has 0 aliphatic rings. The first-order valence-corrected chi connectivity index (χ1v) is 5.98. The van der Waals surface area contributed by atoms with Crippen molar-refractivity contribution in [1.29, 1.82) is 0 Å². The minimum Gasteiger partial charge on any atom is -0.508 e. The summed E-state index contributed by atoms with van der Waals surface area (Å²) >= 11 is 5.19. The Morgan fingerprint density at radius 2 is 1.67 bits per heavy atom. The average Bonchev–Trinajstić information content (AvgIpc) is 2.32. The van der Waals surface area contributed by atoms with Gasteiger partial charge in [-0.25, -0.2) is 0 Å². The van der Waals surface area contributed by atoms with Gasteiger partial charge in [-0.15, -0.1) is 0 Å². The molecular weight excluding hydrogens is 244 g/mol. The van der Waals surface area contributed by atoms with Gasteiger partial charge in [-0.2, -0.15) is 0 Å². The number of benzene rings is 2. The van der Waals surface area contributed by atoms with Crippen LogP contribution in [0, 0.1) is 6.92 Å². The molecule has 0 heterocycles. The Labute approximate surface area is 111 Å². The molecule has 3 nitrogen and oxygen atoms in total. The number of rotatable bonds is 2. The molecule has 2 rings (SSSR count). The Kier molecular flexibility index (Phi) is 3.79. The first-order chi connectivity index (χ1) is 8.63. The van der Waals surface area contributed by atoms with Crippen LogP contribution in [0.2, 0.25) is 0 Å². The third-order valence-electron chi connectivity index (χ3n) is 2.41. The van der Waals surface area contributed by atoms with E-state index in [1.165, 1.54) is 5.56 Å². The van der Waals surface area contributed by atoms with Crippen molar-refractivity contribution in [3.8, 4) is 5.75 Å². The van der Waals surface area contributed by atoms with E-state index in [1.807, 2.05) is 37.3 Å². The van der Waals surface area contributed by atoms with E-state index in [2.05, 4.69) is 10.6 Å². The second-order valence-corrected chi connectivity index (χ2v) is 4.40. The van der Waals surface area contributed by atoms with E-state index in [9.17, 15) is 5.11 Å². The highest BCUT2D eigenvalue weighted by Gasteiger charge is 1.99. The number of thiocarbonyl (C=S) groups is 1. The number of anilines is 2. The van der Waals surface area contributed by atoms with Crippen molar-refractivity contribution in [2.24, 2.45) is 0 Å². The highest BCUT2D eigenvalue weighted by Crippen LogP contribution is 2.16. The van der Waals surface area contributed by atoms with Crippen LogP contribution < -0.4 is 10.6 Å². The maximum Gasteiger partial charge on any atom is 0.175 e. The summed E-state index contributed by atoms with van der Waals surface area (Å²) in [6.07, 6.45) is 0. The molecule has 92 valence electrons. The molecule has 0 bridgehead atoms. The van der Waals surface area contributed by atoms with Gasteiger partial charge in [0.05, 0.1) is 0 Å². The van der Waals surface area contributed by atoms with Gasteiger partial charge >= 0.3 is 0 Å². The van der Waals surface area contributed by atoms with Gasteiger partial charge in [-0.3, -0.25) is 0 Å². The van der Waals surface area contributed by atoms with Crippen LogP contribution in [0.5, 0.6) is 5.75 Å². The fourth-order valence-corrected chi connectivity index (χ4v) is 1.75. The molecule has 0 unspecified atom stereocenters.